The van der Waals surface area contributed by atoms with Crippen LogP contribution in [-0.2, 0) is 4.79 Å². The molecule has 0 saturated heterocycles. The predicted molar refractivity (Wildman–Crippen MR) is 69.3 cm³/mol. The minimum atomic E-state index is -0.967. The van der Waals surface area contributed by atoms with Crippen LogP contribution in [0, 0.1) is 17.8 Å². The molecule has 3 unspecified atom stereocenters. The molecule has 0 radical (unpaired) electrons. The van der Waals surface area contributed by atoms with E-state index in [2.05, 4.69) is 12.2 Å². The van der Waals surface area contributed by atoms with E-state index in [0.29, 0.717) is 18.4 Å². The number of amides is 2. The van der Waals surface area contributed by atoms with E-state index >= 15 is 0 Å². The van der Waals surface area contributed by atoms with Gasteiger partial charge >= 0.3 is 12.0 Å². The Kier molecular flexibility index (Phi) is 4.99. The van der Waals surface area contributed by atoms with Crippen LogP contribution in [0.1, 0.15) is 33.6 Å². The van der Waals surface area contributed by atoms with Crippen molar-refractivity contribution >= 4 is 12.0 Å². The molecule has 1 rings (SSSR count). The largest absolute Gasteiger partial charge is 0.480 e. The van der Waals surface area contributed by atoms with Gasteiger partial charge in [0.1, 0.15) is 6.04 Å². The molecule has 0 bridgehead atoms. The topological polar surface area (TPSA) is 69.6 Å². The third-order valence-corrected chi connectivity index (χ3v) is 3.89. The fourth-order valence-corrected chi connectivity index (χ4v) is 2.01. The van der Waals surface area contributed by atoms with Crippen LogP contribution in [0.3, 0.4) is 0 Å². The van der Waals surface area contributed by atoms with Gasteiger partial charge in [-0.15, -0.1) is 0 Å². The molecule has 18 heavy (non-hydrogen) atoms. The molecule has 1 fully saturated rings. The maximum Gasteiger partial charge on any atom is 0.326 e. The number of hydrogen-bond acceptors (Lipinski definition) is 2. The Hall–Kier alpha value is -1.26. The average molecular weight is 256 g/mol. The SMILES string of the molecule is CCC(C)[C@H](NC(=O)N(C)CC1CC1C)C(=O)O. The Morgan fingerprint density at radius 2 is 2.06 bits per heavy atom. The Morgan fingerprint density at radius 3 is 2.44 bits per heavy atom. The van der Waals surface area contributed by atoms with Gasteiger partial charge in [0.15, 0.2) is 0 Å². The van der Waals surface area contributed by atoms with E-state index < -0.39 is 12.0 Å². The van der Waals surface area contributed by atoms with Gasteiger partial charge in [-0.3, -0.25) is 0 Å². The second-order valence-electron chi connectivity index (χ2n) is 5.50. The first-order chi connectivity index (χ1) is 8.36. The fraction of sp³-hybridized carbons (Fsp3) is 0.846. The summed E-state index contributed by atoms with van der Waals surface area (Å²) in [7, 11) is 1.72. The highest BCUT2D eigenvalue weighted by molar-refractivity contribution is 5.82. The van der Waals surface area contributed by atoms with Crippen molar-refractivity contribution in [3.8, 4) is 0 Å². The summed E-state index contributed by atoms with van der Waals surface area (Å²) in [5.41, 5.74) is 0. The molecule has 104 valence electrons. The molecule has 5 heteroatoms. The van der Waals surface area contributed by atoms with Crippen LogP contribution >= 0.6 is 0 Å². The summed E-state index contributed by atoms with van der Waals surface area (Å²) in [4.78, 5) is 24.6. The molecule has 4 atom stereocenters. The van der Waals surface area contributed by atoms with Gasteiger partial charge in [0.05, 0.1) is 0 Å². The van der Waals surface area contributed by atoms with E-state index in [1.54, 1.807) is 11.9 Å². The van der Waals surface area contributed by atoms with Crippen LogP contribution in [0.25, 0.3) is 0 Å². The lowest BCUT2D eigenvalue weighted by Gasteiger charge is -2.24. The minimum Gasteiger partial charge on any atom is -0.480 e. The Balaban J connectivity index is 2.47. The highest BCUT2D eigenvalue weighted by atomic mass is 16.4. The Morgan fingerprint density at radius 1 is 1.50 bits per heavy atom. The first-order valence-electron chi connectivity index (χ1n) is 6.61. The summed E-state index contributed by atoms with van der Waals surface area (Å²) < 4.78 is 0. The van der Waals surface area contributed by atoms with Crippen molar-refractivity contribution in [1.82, 2.24) is 10.2 Å². The monoisotopic (exact) mass is 256 g/mol. The molecule has 2 amide bonds. The summed E-state index contributed by atoms with van der Waals surface area (Å²) in [6, 6.07) is -1.09. The molecule has 1 aliphatic carbocycles. The molecular formula is C13H24N2O3. The molecule has 0 aromatic heterocycles. The number of rotatable bonds is 6. The van der Waals surface area contributed by atoms with Gasteiger partial charge in [-0.05, 0) is 24.2 Å². The van der Waals surface area contributed by atoms with Crippen LogP contribution in [0.5, 0.6) is 0 Å². The highest BCUT2D eigenvalue weighted by Gasteiger charge is 2.35. The lowest BCUT2D eigenvalue weighted by atomic mass is 9.99. The lowest BCUT2D eigenvalue weighted by Crippen LogP contribution is -2.50. The van der Waals surface area contributed by atoms with Crippen LogP contribution in [-0.4, -0.2) is 41.6 Å². The number of urea groups is 1. The van der Waals surface area contributed by atoms with Crippen molar-refractivity contribution in [1.29, 1.82) is 0 Å². The van der Waals surface area contributed by atoms with Crippen molar-refractivity contribution in [2.45, 2.75) is 39.7 Å². The predicted octanol–water partition coefficient (Wildman–Crippen LogP) is 1.78. The summed E-state index contributed by atoms with van der Waals surface area (Å²) >= 11 is 0. The number of carbonyl (C=O) groups excluding carboxylic acids is 1. The van der Waals surface area contributed by atoms with Crippen molar-refractivity contribution in [2.24, 2.45) is 17.8 Å². The number of hydrogen-bond donors (Lipinski definition) is 2. The third-order valence-electron chi connectivity index (χ3n) is 3.89. The highest BCUT2D eigenvalue weighted by Crippen LogP contribution is 2.37. The zero-order valence-electron chi connectivity index (χ0n) is 11.6. The molecule has 0 heterocycles. The lowest BCUT2D eigenvalue weighted by molar-refractivity contribution is -0.140. The number of carbonyl (C=O) groups is 2. The first-order valence-corrected chi connectivity index (χ1v) is 6.61. The van der Waals surface area contributed by atoms with E-state index in [9.17, 15) is 9.59 Å². The number of aliphatic carboxylic acids is 1. The molecule has 5 nitrogen and oxygen atoms in total. The molecule has 2 N–H and O–H groups in total. The average Bonchev–Trinajstić information content (AvgIpc) is 2.99. The zero-order chi connectivity index (χ0) is 13.9. The zero-order valence-corrected chi connectivity index (χ0v) is 11.6. The fourth-order valence-electron chi connectivity index (χ4n) is 2.01. The van der Waals surface area contributed by atoms with Crippen LogP contribution in [0.4, 0.5) is 4.79 Å². The molecule has 0 aromatic rings. The van der Waals surface area contributed by atoms with Gasteiger partial charge in [0.2, 0.25) is 0 Å². The maximum absolute atomic E-state index is 11.9. The Labute approximate surface area is 109 Å². The van der Waals surface area contributed by atoms with E-state index in [1.807, 2.05) is 13.8 Å². The second kappa shape index (κ2) is 6.07. The van der Waals surface area contributed by atoms with Gasteiger partial charge < -0.3 is 15.3 Å². The standard InChI is InChI=1S/C13H24N2O3/c1-5-8(2)11(12(16)17)14-13(18)15(4)7-10-6-9(10)3/h8-11H,5-7H2,1-4H3,(H,14,18)(H,16,17)/t8?,9?,10?,11-/m0/s1. The minimum absolute atomic E-state index is 0.0697. The summed E-state index contributed by atoms with van der Waals surface area (Å²) in [5, 5.41) is 11.7. The van der Waals surface area contributed by atoms with Crippen molar-refractivity contribution in [3.63, 3.8) is 0 Å². The number of nitrogens with zero attached hydrogens (tertiary/aromatic N) is 1. The second-order valence-corrected chi connectivity index (χ2v) is 5.50. The number of carboxylic acid groups (broad SMARTS) is 1. The molecule has 1 aliphatic rings. The van der Waals surface area contributed by atoms with E-state index in [4.69, 9.17) is 5.11 Å². The normalized spacial score (nSPS) is 25.1. The van der Waals surface area contributed by atoms with E-state index in [0.717, 1.165) is 12.8 Å². The molecule has 0 aliphatic heterocycles. The molecule has 1 saturated carbocycles. The Bertz CT molecular complexity index is 319. The smallest absolute Gasteiger partial charge is 0.326 e. The van der Waals surface area contributed by atoms with Crippen molar-refractivity contribution < 1.29 is 14.7 Å². The van der Waals surface area contributed by atoms with Gasteiger partial charge in [0, 0.05) is 13.6 Å². The van der Waals surface area contributed by atoms with E-state index in [-0.39, 0.29) is 11.9 Å². The van der Waals surface area contributed by atoms with Crippen LogP contribution in [0.15, 0.2) is 0 Å². The van der Waals surface area contributed by atoms with Gasteiger partial charge in [-0.2, -0.15) is 0 Å². The van der Waals surface area contributed by atoms with Gasteiger partial charge in [-0.1, -0.05) is 27.2 Å². The first kappa shape index (κ1) is 14.8. The number of nitrogens with one attached hydrogen (secondary N) is 1. The van der Waals surface area contributed by atoms with Crippen LogP contribution in [0.2, 0.25) is 0 Å². The quantitative estimate of drug-likeness (QED) is 0.761. The molecule has 0 spiro atoms. The van der Waals surface area contributed by atoms with Gasteiger partial charge in [-0.25, -0.2) is 9.59 Å². The summed E-state index contributed by atoms with van der Waals surface area (Å²) in [5.74, 6) is 0.225. The summed E-state index contributed by atoms with van der Waals surface area (Å²) in [6.45, 7) is 6.62. The van der Waals surface area contributed by atoms with Gasteiger partial charge in [0.25, 0.3) is 0 Å². The van der Waals surface area contributed by atoms with Crippen LogP contribution < -0.4 is 5.32 Å². The summed E-state index contributed by atoms with van der Waals surface area (Å²) in [6.07, 6.45) is 1.88. The maximum atomic E-state index is 11.9. The molecule has 0 aromatic carbocycles. The van der Waals surface area contributed by atoms with Crippen molar-refractivity contribution in [2.75, 3.05) is 13.6 Å². The van der Waals surface area contributed by atoms with Crippen molar-refractivity contribution in [3.05, 3.63) is 0 Å². The van der Waals surface area contributed by atoms with E-state index in [1.165, 1.54) is 0 Å². The number of carboxylic acids is 1. The molecular weight excluding hydrogens is 232 g/mol. The third kappa shape index (κ3) is 3.89.